The van der Waals surface area contributed by atoms with Gasteiger partial charge in [-0.25, -0.2) is 4.79 Å². The molecule has 5 rings (SSSR count). The Hall–Kier alpha value is -1.10. The minimum atomic E-state index is -0.384. The number of hydrogen-bond donors (Lipinski definition) is 1. The lowest BCUT2D eigenvalue weighted by atomic mass is 9.52. The van der Waals surface area contributed by atoms with Crippen LogP contribution in [0.3, 0.4) is 0 Å². The third-order valence-corrected chi connectivity index (χ3v) is 6.11. The maximum Gasteiger partial charge on any atom is 0.325 e. The summed E-state index contributed by atoms with van der Waals surface area (Å²) >= 11 is 0. The number of methoxy groups -OCH3 is 1. The molecule has 0 aromatic heterocycles. The topological polar surface area (TPSA) is 58.6 Å². The van der Waals surface area contributed by atoms with E-state index in [1.54, 1.807) is 12.0 Å². The fraction of sp³-hybridized carbons (Fsp3) is 0.875. The van der Waals surface area contributed by atoms with Crippen molar-refractivity contribution in [2.24, 2.45) is 17.8 Å². The van der Waals surface area contributed by atoms with Gasteiger partial charge >= 0.3 is 6.03 Å². The summed E-state index contributed by atoms with van der Waals surface area (Å²) in [6.07, 6.45) is 7.63. The normalized spacial score (nSPS) is 44.5. The zero-order valence-electron chi connectivity index (χ0n) is 12.6. The van der Waals surface area contributed by atoms with Crippen molar-refractivity contribution in [3.05, 3.63) is 0 Å². The number of ether oxygens (including phenoxy) is 1. The van der Waals surface area contributed by atoms with Crippen molar-refractivity contribution in [1.82, 2.24) is 10.2 Å². The molecule has 1 N–H and O–H groups in total. The molecule has 4 saturated carbocycles. The molecule has 4 aliphatic carbocycles. The minimum Gasteiger partial charge on any atom is -0.385 e. The van der Waals surface area contributed by atoms with Gasteiger partial charge in [-0.3, -0.25) is 9.69 Å². The van der Waals surface area contributed by atoms with Crippen molar-refractivity contribution in [1.29, 1.82) is 0 Å². The van der Waals surface area contributed by atoms with Crippen molar-refractivity contribution in [2.75, 3.05) is 13.7 Å². The molecule has 1 heterocycles. The number of hydrogen-bond acceptors (Lipinski definition) is 3. The second kappa shape index (κ2) is 4.70. The van der Waals surface area contributed by atoms with Crippen LogP contribution in [0.2, 0.25) is 0 Å². The van der Waals surface area contributed by atoms with Crippen molar-refractivity contribution in [2.45, 2.75) is 56.5 Å². The summed E-state index contributed by atoms with van der Waals surface area (Å²) in [4.78, 5) is 26.8. The summed E-state index contributed by atoms with van der Waals surface area (Å²) < 4.78 is 5.05. The van der Waals surface area contributed by atoms with E-state index in [0.29, 0.717) is 13.0 Å². The first kappa shape index (κ1) is 13.6. The molecular weight excluding hydrogens is 268 g/mol. The maximum atomic E-state index is 12.7. The lowest BCUT2D eigenvalue weighted by Gasteiger charge is -2.58. The van der Waals surface area contributed by atoms with Crippen LogP contribution in [0.15, 0.2) is 0 Å². The van der Waals surface area contributed by atoms with Gasteiger partial charge in [0.25, 0.3) is 5.91 Å². The molecule has 0 aromatic rings. The average molecular weight is 292 g/mol. The van der Waals surface area contributed by atoms with Crippen molar-refractivity contribution >= 4 is 11.9 Å². The van der Waals surface area contributed by atoms with E-state index in [9.17, 15) is 9.59 Å². The first-order valence-corrected chi connectivity index (χ1v) is 8.25. The molecule has 1 aliphatic heterocycles. The second-order valence-electron chi connectivity index (χ2n) is 7.60. The highest BCUT2D eigenvalue weighted by Gasteiger charge is 2.58. The van der Waals surface area contributed by atoms with Gasteiger partial charge in [-0.05, 0) is 56.3 Å². The van der Waals surface area contributed by atoms with Crippen LogP contribution in [-0.4, -0.2) is 42.1 Å². The highest BCUT2D eigenvalue weighted by atomic mass is 16.5. The molecule has 116 valence electrons. The van der Waals surface area contributed by atoms with E-state index in [1.165, 1.54) is 19.3 Å². The van der Waals surface area contributed by atoms with Gasteiger partial charge < -0.3 is 10.1 Å². The zero-order valence-corrected chi connectivity index (χ0v) is 12.6. The molecule has 5 aliphatic rings. The summed E-state index contributed by atoms with van der Waals surface area (Å²) in [6.45, 7) is 0.505. The minimum absolute atomic E-state index is 0.0148. The number of urea groups is 1. The van der Waals surface area contributed by atoms with E-state index in [-0.39, 0.29) is 23.5 Å². The number of nitrogens with one attached hydrogen (secondary N) is 1. The molecule has 0 aromatic carbocycles. The van der Waals surface area contributed by atoms with Gasteiger partial charge in [0.2, 0.25) is 0 Å². The van der Waals surface area contributed by atoms with Crippen LogP contribution in [0.5, 0.6) is 0 Å². The van der Waals surface area contributed by atoms with Gasteiger partial charge in [-0.15, -0.1) is 0 Å². The van der Waals surface area contributed by atoms with E-state index in [4.69, 9.17) is 4.74 Å². The number of carbonyl (C=O) groups excluding carboxylic acids is 2. The Bertz CT molecular complexity index is 441. The van der Waals surface area contributed by atoms with Crippen LogP contribution in [0, 0.1) is 17.8 Å². The van der Waals surface area contributed by atoms with Crippen LogP contribution < -0.4 is 5.32 Å². The third kappa shape index (κ3) is 2.00. The van der Waals surface area contributed by atoms with Crippen molar-refractivity contribution in [3.8, 4) is 0 Å². The zero-order chi connectivity index (χ0) is 14.6. The first-order chi connectivity index (χ1) is 10.1. The Kier molecular flexibility index (Phi) is 3.03. The van der Waals surface area contributed by atoms with Crippen LogP contribution in [-0.2, 0) is 9.53 Å². The largest absolute Gasteiger partial charge is 0.385 e. The van der Waals surface area contributed by atoms with Gasteiger partial charge in [0.15, 0.2) is 0 Å². The Morgan fingerprint density at radius 2 is 1.71 bits per heavy atom. The smallest absolute Gasteiger partial charge is 0.325 e. The standard InChI is InChI=1S/C16H24N2O3/c1-21-3-2-13-14(19)18(15(20)17-13)16-7-10-4-11(8-16)6-12(5-10)9-16/h10-13H,2-9H2,1H3,(H,17,20). The molecule has 0 radical (unpaired) electrons. The number of nitrogens with zero attached hydrogens (tertiary/aromatic N) is 1. The fourth-order valence-electron chi connectivity index (χ4n) is 5.75. The Morgan fingerprint density at radius 3 is 2.24 bits per heavy atom. The van der Waals surface area contributed by atoms with Crippen LogP contribution >= 0.6 is 0 Å². The number of amides is 3. The van der Waals surface area contributed by atoms with Gasteiger partial charge in [-0.1, -0.05) is 0 Å². The summed E-state index contributed by atoms with van der Waals surface area (Å²) in [5.74, 6) is 2.18. The molecule has 4 bridgehead atoms. The SMILES string of the molecule is COCCC1NC(=O)N(C23CC4CC(CC(C4)C2)C3)C1=O. The van der Waals surface area contributed by atoms with E-state index < -0.39 is 0 Å². The first-order valence-electron chi connectivity index (χ1n) is 8.25. The Morgan fingerprint density at radius 1 is 1.14 bits per heavy atom. The summed E-state index contributed by atoms with van der Waals surface area (Å²) in [5, 5.41) is 2.87. The van der Waals surface area contributed by atoms with Gasteiger partial charge in [-0.2, -0.15) is 0 Å². The molecule has 0 spiro atoms. The van der Waals surface area contributed by atoms with Crippen LogP contribution in [0.4, 0.5) is 4.79 Å². The number of carbonyl (C=O) groups is 2. The van der Waals surface area contributed by atoms with E-state index >= 15 is 0 Å². The predicted octanol–water partition coefficient (Wildman–Crippen LogP) is 1.91. The summed E-state index contributed by atoms with van der Waals surface area (Å²) in [7, 11) is 1.62. The summed E-state index contributed by atoms with van der Waals surface area (Å²) in [5.41, 5.74) is -0.169. The maximum absolute atomic E-state index is 12.7. The highest BCUT2D eigenvalue weighted by molar-refractivity contribution is 6.05. The average Bonchev–Trinajstić information content (AvgIpc) is 2.70. The van der Waals surface area contributed by atoms with Crippen LogP contribution in [0.25, 0.3) is 0 Å². The van der Waals surface area contributed by atoms with Crippen molar-refractivity contribution < 1.29 is 14.3 Å². The quantitative estimate of drug-likeness (QED) is 0.805. The number of imide groups is 1. The molecular formula is C16H24N2O3. The lowest BCUT2D eigenvalue weighted by molar-refractivity contribution is -0.141. The monoisotopic (exact) mass is 292 g/mol. The fourth-order valence-corrected chi connectivity index (χ4v) is 5.75. The predicted molar refractivity (Wildman–Crippen MR) is 76.6 cm³/mol. The molecule has 1 unspecified atom stereocenters. The van der Waals surface area contributed by atoms with E-state index in [2.05, 4.69) is 5.32 Å². The molecule has 3 amide bonds. The molecule has 5 fully saturated rings. The van der Waals surface area contributed by atoms with Gasteiger partial charge in [0.1, 0.15) is 6.04 Å². The molecule has 5 nitrogen and oxygen atoms in total. The molecule has 1 atom stereocenters. The molecule has 1 saturated heterocycles. The van der Waals surface area contributed by atoms with Gasteiger partial charge in [0, 0.05) is 20.1 Å². The lowest BCUT2D eigenvalue weighted by Crippen LogP contribution is -2.61. The Labute approximate surface area is 125 Å². The van der Waals surface area contributed by atoms with E-state index in [0.717, 1.165) is 37.0 Å². The van der Waals surface area contributed by atoms with Gasteiger partial charge in [0.05, 0.1) is 5.54 Å². The third-order valence-electron chi connectivity index (χ3n) is 6.11. The van der Waals surface area contributed by atoms with Crippen molar-refractivity contribution in [3.63, 3.8) is 0 Å². The molecule has 21 heavy (non-hydrogen) atoms. The molecule has 5 heteroatoms. The van der Waals surface area contributed by atoms with Crippen LogP contribution in [0.1, 0.15) is 44.9 Å². The highest BCUT2D eigenvalue weighted by Crippen LogP contribution is 2.58. The number of rotatable bonds is 4. The second-order valence-corrected chi connectivity index (χ2v) is 7.60. The Balaban J connectivity index is 1.58. The summed E-state index contributed by atoms with van der Waals surface area (Å²) in [6, 6.07) is -0.548. The van der Waals surface area contributed by atoms with E-state index in [1.807, 2.05) is 0 Å².